The molecule has 116 valence electrons. The summed E-state index contributed by atoms with van der Waals surface area (Å²) in [6, 6.07) is 1.92. The number of nitrogens with one attached hydrogen (secondary N) is 1. The molecule has 1 atom stereocenters. The first kappa shape index (κ1) is 14.7. The van der Waals surface area contributed by atoms with E-state index in [-0.39, 0.29) is 17.7 Å². The number of anilines is 1. The first-order chi connectivity index (χ1) is 10.5. The Balaban J connectivity index is 1.79. The summed E-state index contributed by atoms with van der Waals surface area (Å²) >= 11 is 0. The van der Waals surface area contributed by atoms with Gasteiger partial charge in [-0.05, 0) is 25.0 Å². The van der Waals surface area contributed by atoms with Crippen molar-refractivity contribution < 1.29 is 14.4 Å². The Morgan fingerprint density at radius 3 is 2.55 bits per heavy atom. The second kappa shape index (κ2) is 5.87. The molecule has 1 aromatic rings. The van der Waals surface area contributed by atoms with Crippen LogP contribution in [-0.4, -0.2) is 35.7 Å². The molecule has 0 radical (unpaired) electrons. The molecule has 6 nitrogen and oxygen atoms in total. The molecular formula is C16H19N3O3. The van der Waals surface area contributed by atoms with Gasteiger partial charge in [0.25, 0.3) is 0 Å². The normalized spacial score (nSPS) is 22.7. The van der Waals surface area contributed by atoms with Crippen molar-refractivity contribution >= 4 is 23.3 Å². The fourth-order valence-corrected chi connectivity index (χ4v) is 3.06. The van der Waals surface area contributed by atoms with E-state index in [1.165, 1.54) is 0 Å². The Morgan fingerprint density at radius 2 is 1.91 bits per heavy atom. The molecule has 0 aromatic carbocycles. The quantitative estimate of drug-likeness (QED) is 0.827. The largest absolute Gasteiger partial charge is 0.369 e. The Bertz CT molecular complexity index is 632. The van der Waals surface area contributed by atoms with E-state index < -0.39 is 0 Å². The zero-order valence-corrected chi connectivity index (χ0v) is 12.6. The lowest BCUT2D eigenvalue weighted by molar-refractivity contribution is -0.134. The highest BCUT2D eigenvalue weighted by Gasteiger charge is 2.29. The Labute approximate surface area is 128 Å². The minimum absolute atomic E-state index is 0.215. The molecule has 0 saturated carbocycles. The van der Waals surface area contributed by atoms with E-state index in [2.05, 4.69) is 15.2 Å². The van der Waals surface area contributed by atoms with Crippen LogP contribution in [0.3, 0.4) is 0 Å². The third kappa shape index (κ3) is 2.86. The lowest BCUT2D eigenvalue weighted by Crippen LogP contribution is -2.39. The van der Waals surface area contributed by atoms with E-state index in [4.69, 9.17) is 0 Å². The maximum atomic E-state index is 11.9. The molecule has 1 N–H and O–H groups in total. The van der Waals surface area contributed by atoms with E-state index >= 15 is 0 Å². The number of rotatable bonds is 2. The zero-order valence-electron chi connectivity index (χ0n) is 12.6. The summed E-state index contributed by atoms with van der Waals surface area (Å²) in [7, 11) is 0. The second-order valence-corrected chi connectivity index (χ2v) is 5.93. The van der Waals surface area contributed by atoms with Crippen molar-refractivity contribution in [2.75, 3.05) is 18.0 Å². The smallest absolute Gasteiger partial charge is 0.235 e. The van der Waals surface area contributed by atoms with Gasteiger partial charge in [0.2, 0.25) is 11.8 Å². The van der Waals surface area contributed by atoms with Gasteiger partial charge in [0.1, 0.15) is 5.78 Å². The molecule has 0 aliphatic carbocycles. The summed E-state index contributed by atoms with van der Waals surface area (Å²) in [5, 5.41) is 2.36. The van der Waals surface area contributed by atoms with Gasteiger partial charge in [-0.2, -0.15) is 0 Å². The van der Waals surface area contributed by atoms with Gasteiger partial charge >= 0.3 is 0 Å². The van der Waals surface area contributed by atoms with Crippen molar-refractivity contribution in [3.05, 3.63) is 23.5 Å². The summed E-state index contributed by atoms with van der Waals surface area (Å²) in [6.45, 7) is 3.43. The van der Waals surface area contributed by atoms with Crippen LogP contribution < -0.4 is 10.2 Å². The maximum absolute atomic E-state index is 11.9. The van der Waals surface area contributed by atoms with E-state index in [0.29, 0.717) is 37.2 Å². The molecule has 2 amide bonds. The third-order valence-corrected chi connectivity index (χ3v) is 4.36. The highest BCUT2D eigenvalue weighted by atomic mass is 16.2. The van der Waals surface area contributed by atoms with Crippen molar-refractivity contribution in [2.24, 2.45) is 0 Å². The molecule has 22 heavy (non-hydrogen) atoms. The minimum Gasteiger partial charge on any atom is -0.369 e. The van der Waals surface area contributed by atoms with Crippen molar-refractivity contribution in [2.45, 2.75) is 38.5 Å². The molecule has 6 heteroatoms. The Kier molecular flexibility index (Phi) is 3.92. The number of hydrogen-bond donors (Lipinski definition) is 1. The fourth-order valence-electron chi connectivity index (χ4n) is 3.06. The van der Waals surface area contributed by atoms with Gasteiger partial charge in [0.05, 0.1) is 23.5 Å². The predicted molar refractivity (Wildman–Crippen MR) is 80.6 cm³/mol. The molecule has 0 bridgehead atoms. The van der Waals surface area contributed by atoms with Gasteiger partial charge in [-0.3, -0.25) is 24.7 Å². The highest BCUT2D eigenvalue weighted by molar-refractivity contribution is 6.00. The lowest BCUT2D eigenvalue weighted by atomic mass is 9.93. The highest BCUT2D eigenvalue weighted by Crippen LogP contribution is 2.28. The number of aryl methyl sites for hydroxylation is 1. The SMILES string of the molecule is Cc1cc(C2CCC(=O)NC2=O)ncc1N1CCC(=O)CC1. The first-order valence-electron chi connectivity index (χ1n) is 7.61. The molecule has 0 spiro atoms. The van der Waals surface area contributed by atoms with E-state index in [9.17, 15) is 14.4 Å². The van der Waals surface area contributed by atoms with Crippen LogP contribution in [0, 0.1) is 6.92 Å². The van der Waals surface area contributed by atoms with Crippen LogP contribution in [0.1, 0.15) is 42.9 Å². The number of piperidine rings is 2. The van der Waals surface area contributed by atoms with Gasteiger partial charge in [-0.25, -0.2) is 0 Å². The number of nitrogens with zero attached hydrogens (tertiary/aromatic N) is 2. The molecule has 1 aromatic heterocycles. The number of hydrogen-bond acceptors (Lipinski definition) is 5. The average Bonchev–Trinajstić information content (AvgIpc) is 2.48. The van der Waals surface area contributed by atoms with Crippen LogP contribution in [0.15, 0.2) is 12.3 Å². The minimum atomic E-state index is -0.353. The maximum Gasteiger partial charge on any atom is 0.235 e. The van der Waals surface area contributed by atoms with E-state index in [1.807, 2.05) is 13.0 Å². The van der Waals surface area contributed by atoms with E-state index in [1.54, 1.807) is 6.20 Å². The van der Waals surface area contributed by atoms with Gasteiger partial charge in [-0.15, -0.1) is 0 Å². The first-order valence-corrected chi connectivity index (χ1v) is 7.61. The Hall–Kier alpha value is -2.24. The summed E-state index contributed by atoms with van der Waals surface area (Å²) in [5.41, 5.74) is 2.77. The van der Waals surface area contributed by atoms with E-state index in [0.717, 1.165) is 24.3 Å². The molecule has 2 saturated heterocycles. The number of ketones is 1. The van der Waals surface area contributed by atoms with Gasteiger partial charge < -0.3 is 4.90 Å². The monoisotopic (exact) mass is 301 g/mol. The van der Waals surface area contributed by atoms with Crippen molar-refractivity contribution in [1.29, 1.82) is 0 Å². The number of carbonyl (C=O) groups excluding carboxylic acids is 3. The number of Topliss-reactive ketones (excluding diaryl/α,β-unsaturated/α-hetero) is 1. The molecule has 2 aliphatic rings. The molecule has 3 rings (SSSR count). The van der Waals surface area contributed by atoms with Crippen LogP contribution in [-0.2, 0) is 14.4 Å². The summed E-state index contributed by atoms with van der Waals surface area (Å²) in [6.07, 6.45) is 3.80. The molecule has 3 heterocycles. The molecule has 2 aliphatic heterocycles. The second-order valence-electron chi connectivity index (χ2n) is 5.93. The molecule has 2 fully saturated rings. The number of imide groups is 1. The van der Waals surface area contributed by atoms with Crippen molar-refractivity contribution in [3.63, 3.8) is 0 Å². The fraction of sp³-hybridized carbons (Fsp3) is 0.500. The standard InChI is InChI=1S/C16H19N3O3/c1-10-8-13(12-2-3-15(21)18-16(12)22)17-9-14(10)19-6-4-11(20)5-7-19/h8-9,12H,2-7H2,1H3,(H,18,21,22). The van der Waals surface area contributed by atoms with Crippen molar-refractivity contribution in [1.82, 2.24) is 10.3 Å². The van der Waals surface area contributed by atoms with Crippen LogP contribution >= 0.6 is 0 Å². The summed E-state index contributed by atoms with van der Waals surface area (Å²) in [5.74, 6) is -0.526. The third-order valence-electron chi connectivity index (χ3n) is 4.36. The molecule has 1 unspecified atom stereocenters. The van der Waals surface area contributed by atoms with Crippen LogP contribution in [0.5, 0.6) is 0 Å². The van der Waals surface area contributed by atoms with Gasteiger partial charge in [0, 0.05) is 32.4 Å². The number of aromatic nitrogens is 1. The van der Waals surface area contributed by atoms with Gasteiger partial charge in [0.15, 0.2) is 0 Å². The van der Waals surface area contributed by atoms with Gasteiger partial charge in [-0.1, -0.05) is 0 Å². The summed E-state index contributed by atoms with van der Waals surface area (Å²) in [4.78, 5) is 41.1. The number of amides is 2. The number of carbonyl (C=O) groups is 3. The average molecular weight is 301 g/mol. The number of pyridine rings is 1. The zero-order chi connectivity index (χ0) is 15.7. The topological polar surface area (TPSA) is 79.4 Å². The Morgan fingerprint density at radius 1 is 1.18 bits per heavy atom. The lowest BCUT2D eigenvalue weighted by Gasteiger charge is -2.30. The molecular weight excluding hydrogens is 282 g/mol. The summed E-state index contributed by atoms with van der Waals surface area (Å²) < 4.78 is 0. The van der Waals surface area contributed by atoms with Crippen LogP contribution in [0.25, 0.3) is 0 Å². The van der Waals surface area contributed by atoms with Crippen molar-refractivity contribution in [3.8, 4) is 0 Å². The van der Waals surface area contributed by atoms with Crippen LogP contribution in [0.2, 0.25) is 0 Å². The predicted octanol–water partition coefficient (Wildman–Crippen LogP) is 1.08. The van der Waals surface area contributed by atoms with Crippen LogP contribution in [0.4, 0.5) is 5.69 Å².